The van der Waals surface area contributed by atoms with E-state index in [2.05, 4.69) is 15.6 Å². The summed E-state index contributed by atoms with van der Waals surface area (Å²) in [5.41, 5.74) is -0.619. The number of hydrogen-bond donors (Lipinski definition) is 3. The zero-order chi connectivity index (χ0) is 32.4. The summed E-state index contributed by atoms with van der Waals surface area (Å²) in [5.74, 6) is -1.20. The molecule has 1 aliphatic heterocycles. The predicted octanol–water partition coefficient (Wildman–Crippen LogP) is 5.19. The Morgan fingerprint density at radius 3 is 2.41 bits per heavy atom. The van der Waals surface area contributed by atoms with Crippen molar-refractivity contribution in [1.29, 1.82) is 0 Å². The van der Waals surface area contributed by atoms with Gasteiger partial charge in [0.2, 0.25) is 0 Å². The molecular weight excluding hydrogens is 600 g/mol. The number of fused-ring (bicyclic) bond motifs is 1. The summed E-state index contributed by atoms with van der Waals surface area (Å²) in [7, 11) is 0. The second kappa shape index (κ2) is 13.0. The van der Waals surface area contributed by atoms with E-state index < -0.39 is 23.1 Å². The Morgan fingerprint density at radius 2 is 1.72 bits per heavy atom. The molecule has 0 spiro atoms. The molecule has 2 aliphatic rings. The standard InChI is InChI=1S/C33H31F2N5O6/c1-2-45-28-10-12-40(23-6-3-21(34)4-7-23)32(43)30(28)31(42)37-22-5-8-27(26(35)15-22)46-25-9-11-36-29(16-25)38-33(44)39-17-19-13-24(41)14-20(19)18-39/h3-12,15-16,19-20,24,41H,2,13-14,17-18H2,1H3,(H,37,42)(H,36,38,44)/t19-,20?,24-/m1/s1. The lowest BCUT2D eigenvalue weighted by Gasteiger charge is -2.18. The number of aromatic nitrogens is 2. The number of nitrogens with zero attached hydrogens (tertiary/aromatic N) is 3. The number of ether oxygens (including phenoxy) is 2. The molecule has 1 unspecified atom stereocenters. The molecule has 6 rings (SSSR count). The summed E-state index contributed by atoms with van der Waals surface area (Å²) < 4.78 is 40.9. The van der Waals surface area contributed by atoms with Crippen LogP contribution in [0.2, 0.25) is 0 Å². The van der Waals surface area contributed by atoms with Gasteiger partial charge in [0.25, 0.3) is 11.5 Å². The van der Waals surface area contributed by atoms with Gasteiger partial charge < -0.3 is 24.8 Å². The second-order valence-electron chi connectivity index (χ2n) is 11.2. The molecule has 0 radical (unpaired) electrons. The molecule has 11 nitrogen and oxygen atoms in total. The molecule has 13 heteroatoms. The number of carbonyl (C=O) groups excluding carboxylic acids is 2. The number of pyridine rings is 2. The minimum Gasteiger partial charge on any atom is -0.493 e. The van der Waals surface area contributed by atoms with Crippen LogP contribution in [0.25, 0.3) is 5.69 Å². The highest BCUT2D eigenvalue weighted by atomic mass is 19.1. The molecule has 2 aromatic heterocycles. The molecule has 1 saturated heterocycles. The van der Waals surface area contributed by atoms with Gasteiger partial charge in [0.15, 0.2) is 11.6 Å². The molecule has 0 bridgehead atoms. The number of hydrogen-bond acceptors (Lipinski definition) is 7. The van der Waals surface area contributed by atoms with Crippen molar-refractivity contribution in [3.8, 4) is 22.9 Å². The van der Waals surface area contributed by atoms with Gasteiger partial charge >= 0.3 is 6.03 Å². The molecular formula is C33H31F2N5O6. The number of urea groups is 1. The van der Waals surface area contributed by atoms with Gasteiger partial charge in [-0.2, -0.15) is 0 Å². The Labute approximate surface area is 262 Å². The molecule has 3 atom stereocenters. The van der Waals surface area contributed by atoms with Crippen LogP contribution in [0.3, 0.4) is 0 Å². The van der Waals surface area contributed by atoms with Crippen molar-refractivity contribution < 1.29 is 33.0 Å². The summed E-state index contributed by atoms with van der Waals surface area (Å²) in [6.07, 6.45) is 3.93. The molecule has 2 aromatic carbocycles. The van der Waals surface area contributed by atoms with Crippen LogP contribution in [0, 0.1) is 23.5 Å². The van der Waals surface area contributed by atoms with E-state index in [4.69, 9.17) is 9.47 Å². The Bertz CT molecular complexity index is 1820. The van der Waals surface area contributed by atoms with Crippen LogP contribution in [0.1, 0.15) is 30.1 Å². The van der Waals surface area contributed by atoms with Crippen LogP contribution in [0.15, 0.2) is 77.9 Å². The van der Waals surface area contributed by atoms with Crippen molar-refractivity contribution in [2.24, 2.45) is 11.8 Å². The molecule has 1 saturated carbocycles. The van der Waals surface area contributed by atoms with E-state index >= 15 is 4.39 Å². The Hall–Kier alpha value is -5.30. The number of anilines is 2. The number of aliphatic hydroxyl groups excluding tert-OH is 1. The van der Waals surface area contributed by atoms with E-state index in [0.29, 0.717) is 43.5 Å². The summed E-state index contributed by atoms with van der Waals surface area (Å²) in [6.45, 7) is 3.02. The maximum atomic E-state index is 15.1. The first-order chi connectivity index (χ1) is 22.2. The molecule has 4 aromatic rings. The fourth-order valence-electron chi connectivity index (χ4n) is 5.96. The molecule has 3 N–H and O–H groups in total. The number of amides is 3. The number of halogens is 2. The Morgan fingerprint density at radius 1 is 0.978 bits per heavy atom. The normalized spacial score (nSPS) is 18.6. The van der Waals surface area contributed by atoms with Gasteiger partial charge in [0.1, 0.15) is 28.7 Å². The van der Waals surface area contributed by atoms with Crippen molar-refractivity contribution in [2.45, 2.75) is 25.9 Å². The van der Waals surface area contributed by atoms with Crippen LogP contribution < -0.4 is 25.7 Å². The van der Waals surface area contributed by atoms with Crippen LogP contribution in [0.4, 0.5) is 25.1 Å². The van der Waals surface area contributed by atoms with Gasteiger partial charge in [-0.15, -0.1) is 0 Å². The van der Waals surface area contributed by atoms with Gasteiger partial charge in [-0.3, -0.25) is 19.5 Å². The molecule has 46 heavy (non-hydrogen) atoms. The summed E-state index contributed by atoms with van der Waals surface area (Å²) in [6, 6.07) is 13.1. The van der Waals surface area contributed by atoms with Crippen LogP contribution in [-0.2, 0) is 0 Å². The highest BCUT2D eigenvalue weighted by Gasteiger charge is 2.41. The summed E-state index contributed by atoms with van der Waals surface area (Å²) in [4.78, 5) is 45.3. The van der Waals surface area contributed by atoms with Crippen LogP contribution >= 0.6 is 0 Å². The van der Waals surface area contributed by atoms with E-state index in [1.54, 1.807) is 11.8 Å². The number of likely N-dealkylation sites (tertiary alicyclic amines) is 1. The summed E-state index contributed by atoms with van der Waals surface area (Å²) >= 11 is 0. The van der Waals surface area contributed by atoms with Gasteiger partial charge in [0, 0.05) is 49.0 Å². The molecule has 3 amide bonds. The second-order valence-corrected chi connectivity index (χ2v) is 11.2. The minimum atomic E-state index is -0.828. The predicted molar refractivity (Wildman–Crippen MR) is 165 cm³/mol. The van der Waals surface area contributed by atoms with Crippen molar-refractivity contribution in [3.05, 3.63) is 101 Å². The smallest absolute Gasteiger partial charge is 0.323 e. The van der Waals surface area contributed by atoms with Crippen molar-refractivity contribution in [3.63, 3.8) is 0 Å². The third kappa shape index (κ3) is 6.54. The number of aliphatic hydroxyl groups is 1. The van der Waals surface area contributed by atoms with Crippen molar-refractivity contribution in [2.75, 3.05) is 30.3 Å². The Balaban J connectivity index is 1.13. The zero-order valence-electron chi connectivity index (χ0n) is 24.8. The van der Waals surface area contributed by atoms with Crippen molar-refractivity contribution >= 4 is 23.4 Å². The number of nitrogens with one attached hydrogen (secondary N) is 2. The molecule has 2 fully saturated rings. The fourth-order valence-corrected chi connectivity index (χ4v) is 5.96. The topological polar surface area (TPSA) is 135 Å². The third-order valence-electron chi connectivity index (χ3n) is 8.08. The Kier molecular flexibility index (Phi) is 8.66. The molecule has 238 valence electrons. The maximum absolute atomic E-state index is 15.1. The highest BCUT2D eigenvalue weighted by Crippen LogP contribution is 2.38. The molecule has 3 heterocycles. The van der Waals surface area contributed by atoms with E-state index in [9.17, 15) is 23.9 Å². The van der Waals surface area contributed by atoms with E-state index in [1.165, 1.54) is 71.6 Å². The van der Waals surface area contributed by atoms with Crippen LogP contribution in [0.5, 0.6) is 17.2 Å². The molecule has 1 aliphatic carbocycles. The van der Waals surface area contributed by atoms with Gasteiger partial charge in [0.05, 0.1) is 12.7 Å². The SMILES string of the molecule is CCOc1ccn(-c2ccc(F)cc2)c(=O)c1C(=O)Nc1ccc(Oc2ccnc(NC(=O)N3CC4C[C@H](O)C[C@@H]4C3)c2)c(F)c1. The van der Waals surface area contributed by atoms with Gasteiger partial charge in [-0.25, -0.2) is 18.6 Å². The third-order valence-corrected chi connectivity index (χ3v) is 8.08. The lowest BCUT2D eigenvalue weighted by atomic mass is 10.0. The van der Waals surface area contributed by atoms with Crippen LogP contribution in [-0.4, -0.2) is 57.3 Å². The minimum absolute atomic E-state index is 0.0377. The lowest BCUT2D eigenvalue weighted by molar-refractivity contribution is 0.102. The van der Waals surface area contributed by atoms with E-state index in [-0.39, 0.29) is 53.1 Å². The fraction of sp³-hybridized carbons (Fsp3) is 0.273. The van der Waals surface area contributed by atoms with Gasteiger partial charge in [-0.1, -0.05) is 0 Å². The van der Waals surface area contributed by atoms with Gasteiger partial charge in [-0.05, 0) is 80.1 Å². The average molecular weight is 632 g/mol. The first-order valence-electron chi connectivity index (χ1n) is 14.8. The number of benzene rings is 2. The summed E-state index contributed by atoms with van der Waals surface area (Å²) in [5, 5.41) is 15.1. The first kappa shape index (κ1) is 30.7. The zero-order valence-corrected chi connectivity index (χ0v) is 24.8. The average Bonchev–Trinajstić information content (AvgIpc) is 3.57. The lowest BCUT2D eigenvalue weighted by Crippen LogP contribution is -2.34. The maximum Gasteiger partial charge on any atom is 0.323 e. The first-order valence-corrected chi connectivity index (χ1v) is 14.8. The number of rotatable bonds is 8. The largest absolute Gasteiger partial charge is 0.493 e. The highest BCUT2D eigenvalue weighted by molar-refractivity contribution is 6.06. The quantitative estimate of drug-likeness (QED) is 0.244. The number of carbonyl (C=O) groups is 2. The van der Waals surface area contributed by atoms with E-state index in [1.807, 2.05) is 0 Å². The van der Waals surface area contributed by atoms with E-state index in [0.717, 1.165) is 6.07 Å². The van der Waals surface area contributed by atoms with Crippen molar-refractivity contribution in [1.82, 2.24) is 14.5 Å². The monoisotopic (exact) mass is 631 g/mol.